The predicted octanol–water partition coefficient (Wildman–Crippen LogP) is 7.87. The number of aliphatic carboxylic acids is 2. The SMILES string of the molecule is Cc1cc(NC(=O)CC(=O)[O-])cc(Cl)c1Oc1ccc2[nH]cc(C(C)C)c2c1.Cc1cc(NC(=O)CC(=O)[O-])cc(Cl)c1Oc1ccc2[nH]cc(C(C)C)c2c1.[Ca+2]. The molecule has 0 aliphatic carbocycles. The molecule has 0 unspecified atom stereocenters. The molecule has 0 aliphatic heterocycles. The molecule has 0 saturated heterocycles. The number of hydrogen-bond donors (Lipinski definition) is 4. The summed E-state index contributed by atoms with van der Waals surface area (Å²) in [6.45, 7) is 12.1. The van der Waals surface area contributed by atoms with E-state index in [1.54, 1.807) is 26.0 Å². The molecule has 2 heterocycles. The Balaban J connectivity index is 0.000000248. The van der Waals surface area contributed by atoms with Gasteiger partial charge in [0.15, 0.2) is 0 Å². The Morgan fingerprint density at radius 2 is 1.00 bits per heavy atom. The average molecular weight is 840 g/mol. The Labute approximate surface area is 369 Å². The average Bonchev–Trinajstić information content (AvgIpc) is 3.72. The molecule has 0 radical (unpaired) electrons. The number of ether oxygens (including phenoxy) is 2. The molecule has 0 fully saturated rings. The minimum absolute atomic E-state index is 0. The van der Waals surface area contributed by atoms with E-state index in [0.717, 1.165) is 21.8 Å². The van der Waals surface area contributed by atoms with Crippen LogP contribution in [0.5, 0.6) is 23.0 Å². The minimum atomic E-state index is -1.44. The number of halogens is 2. The maximum atomic E-state index is 11.6. The van der Waals surface area contributed by atoms with Crippen LogP contribution in [0.25, 0.3) is 21.8 Å². The topological polar surface area (TPSA) is 188 Å². The summed E-state index contributed by atoms with van der Waals surface area (Å²) in [7, 11) is 0. The number of carboxylic acid groups (broad SMARTS) is 2. The monoisotopic (exact) mass is 838 g/mol. The first-order valence-electron chi connectivity index (χ1n) is 17.7. The molecule has 6 aromatic rings. The summed E-state index contributed by atoms with van der Waals surface area (Å²) in [6.07, 6.45) is 2.57. The number of H-pyrrole nitrogens is 2. The number of aromatic amines is 2. The summed E-state index contributed by atoms with van der Waals surface area (Å²) in [5.41, 5.74) is 6.66. The van der Waals surface area contributed by atoms with Crippen LogP contribution in [0.1, 0.15) is 74.6 Å². The van der Waals surface area contributed by atoms with Gasteiger partial charge < -0.3 is 49.9 Å². The molecule has 6 rings (SSSR count). The summed E-state index contributed by atoms with van der Waals surface area (Å²) in [6, 6.07) is 17.9. The summed E-state index contributed by atoms with van der Waals surface area (Å²) >= 11 is 12.7. The molecule has 2 aromatic heterocycles. The van der Waals surface area contributed by atoms with Crippen LogP contribution < -0.4 is 30.3 Å². The van der Waals surface area contributed by atoms with Gasteiger partial charge in [0.1, 0.15) is 23.0 Å². The molecule has 12 nitrogen and oxygen atoms in total. The van der Waals surface area contributed by atoms with Crippen LogP contribution in [0.2, 0.25) is 10.0 Å². The fourth-order valence-electron chi connectivity index (χ4n) is 6.10. The molecule has 0 atom stereocenters. The Bertz CT molecular complexity index is 2240. The van der Waals surface area contributed by atoms with Gasteiger partial charge in [-0.2, -0.15) is 0 Å². The van der Waals surface area contributed by atoms with Gasteiger partial charge >= 0.3 is 37.7 Å². The Morgan fingerprint density at radius 1 is 0.632 bits per heavy atom. The number of fused-ring (bicyclic) bond motifs is 2. The largest absolute Gasteiger partial charge is 2.00 e. The van der Waals surface area contributed by atoms with Crippen molar-refractivity contribution in [2.45, 2.75) is 66.2 Å². The summed E-state index contributed by atoms with van der Waals surface area (Å²) in [5.74, 6) is -1.26. The standard InChI is InChI=1S/2C21H21ClN2O4.Ca/c2*1-11(2)16-10-23-18-5-4-14(8-15(16)18)28-21-12(3)6-13(7-17(21)22)24-19(25)9-20(26)27;/h2*4-8,10-11,23H,9H2,1-3H3,(H,24,25)(H,26,27);/q;;+2/p-2. The first-order chi connectivity index (χ1) is 26.5. The molecule has 4 aromatic carbocycles. The van der Waals surface area contributed by atoms with Gasteiger partial charge in [-0.05, 0) is 109 Å². The number of aryl methyl sites for hydroxylation is 2. The van der Waals surface area contributed by atoms with Crippen molar-refractivity contribution in [3.8, 4) is 23.0 Å². The molecule has 0 saturated carbocycles. The second-order valence-corrected chi connectivity index (χ2v) is 14.6. The fraction of sp³-hybridized carbons (Fsp3) is 0.238. The number of carbonyl (C=O) groups excluding carboxylic acids is 4. The second kappa shape index (κ2) is 19.6. The number of rotatable bonds is 12. The zero-order valence-electron chi connectivity index (χ0n) is 32.2. The molecule has 292 valence electrons. The van der Waals surface area contributed by atoms with Crippen molar-refractivity contribution in [3.63, 3.8) is 0 Å². The van der Waals surface area contributed by atoms with E-state index in [4.69, 9.17) is 32.7 Å². The van der Waals surface area contributed by atoms with Gasteiger partial charge in [-0.25, -0.2) is 0 Å². The summed E-state index contributed by atoms with van der Waals surface area (Å²) in [5, 5.41) is 28.8. The number of carbonyl (C=O) groups is 4. The van der Waals surface area contributed by atoms with Crippen LogP contribution >= 0.6 is 23.2 Å². The third-order valence-electron chi connectivity index (χ3n) is 8.69. The predicted molar refractivity (Wildman–Crippen MR) is 220 cm³/mol. The fourth-order valence-corrected chi connectivity index (χ4v) is 6.71. The van der Waals surface area contributed by atoms with Gasteiger partial charge in [0.25, 0.3) is 0 Å². The molecule has 0 bridgehead atoms. The van der Waals surface area contributed by atoms with Crippen LogP contribution in [0.3, 0.4) is 0 Å². The van der Waals surface area contributed by atoms with E-state index < -0.39 is 36.6 Å². The van der Waals surface area contributed by atoms with Crippen molar-refractivity contribution in [3.05, 3.63) is 105 Å². The van der Waals surface area contributed by atoms with Gasteiger partial charge in [0.05, 0.1) is 34.8 Å². The number of aromatic nitrogens is 2. The first-order valence-corrected chi connectivity index (χ1v) is 18.4. The van der Waals surface area contributed by atoms with Gasteiger partial charge in [-0.3, -0.25) is 9.59 Å². The molecule has 4 N–H and O–H groups in total. The normalized spacial score (nSPS) is 10.8. The number of benzene rings is 4. The maximum absolute atomic E-state index is 11.6. The number of amides is 2. The van der Waals surface area contributed by atoms with E-state index in [9.17, 15) is 29.4 Å². The van der Waals surface area contributed by atoms with Crippen molar-refractivity contribution < 1.29 is 38.9 Å². The summed E-state index contributed by atoms with van der Waals surface area (Å²) < 4.78 is 12.0. The van der Waals surface area contributed by atoms with Gasteiger partial charge in [0.2, 0.25) is 11.8 Å². The second-order valence-electron chi connectivity index (χ2n) is 13.8. The Kier molecular flexibility index (Phi) is 15.5. The molecule has 57 heavy (non-hydrogen) atoms. The van der Waals surface area contributed by atoms with E-state index in [1.165, 1.54) is 23.3 Å². The van der Waals surface area contributed by atoms with E-state index in [0.29, 0.717) is 67.4 Å². The molecule has 15 heteroatoms. The van der Waals surface area contributed by atoms with Crippen LogP contribution in [-0.2, 0) is 19.2 Å². The summed E-state index contributed by atoms with van der Waals surface area (Å²) in [4.78, 5) is 50.7. The van der Waals surface area contributed by atoms with E-state index in [2.05, 4.69) is 48.3 Å². The molecule has 0 spiro atoms. The smallest absolute Gasteiger partial charge is 0.550 e. The van der Waals surface area contributed by atoms with Crippen LogP contribution in [0.15, 0.2) is 73.1 Å². The van der Waals surface area contributed by atoms with Crippen molar-refractivity contribution in [1.29, 1.82) is 0 Å². The number of hydrogen-bond acceptors (Lipinski definition) is 8. The third-order valence-corrected chi connectivity index (χ3v) is 9.25. The zero-order chi connectivity index (χ0) is 40.8. The van der Waals surface area contributed by atoms with Crippen molar-refractivity contribution in [2.24, 2.45) is 0 Å². The third kappa shape index (κ3) is 11.7. The van der Waals surface area contributed by atoms with Crippen molar-refractivity contribution in [2.75, 3.05) is 10.6 Å². The van der Waals surface area contributed by atoms with Gasteiger partial charge in [-0.15, -0.1) is 0 Å². The first kappa shape index (κ1) is 45.0. The van der Waals surface area contributed by atoms with Crippen LogP contribution in [0, 0.1) is 13.8 Å². The van der Waals surface area contributed by atoms with E-state index in [1.807, 2.05) is 48.8 Å². The van der Waals surface area contributed by atoms with Crippen molar-refractivity contribution >= 4 is 118 Å². The Hall–Kier alpha value is -4.72. The molecular weight excluding hydrogens is 799 g/mol. The van der Waals surface area contributed by atoms with Gasteiger partial charge in [0, 0.05) is 45.6 Å². The maximum Gasteiger partial charge on any atom is 2.00 e. The molecule has 0 aliphatic rings. The van der Waals surface area contributed by atoms with E-state index in [-0.39, 0.29) is 37.7 Å². The molecule has 2 amide bonds. The van der Waals surface area contributed by atoms with Crippen molar-refractivity contribution in [1.82, 2.24) is 9.97 Å². The number of carboxylic acids is 2. The Morgan fingerprint density at radius 3 is 1.32 bits per heavy atom. The van der Waals surface area contributed by atoms with E-state index >= 15 is 0 Å². The van der Waals surface area contributed by atoms with Gasteiger partial charge in [-0.1, -0.05) is 50.9 Å². The molecular formula is C42H40CaCl2N4O8. The van der Waals surface area contributed by atoms with Crippen LogP contribution in [-0.4, -0.2) is 71.5 Å². The number of nitrogens with one attached hydrogen (secondary N) is 4. The quantitative estimate of drug-likeness (QED) is 0.0708. The minimum Gasteiger partial charge on any atom is -0.550 e. The van der Waals surface area contributed by atoms with Crippen LogP contribution in [0.4, 0.5) is 11.4 Å². The zero-order valence-corrected chi connectivity index (χ0v) is 35.9. The number of anilines is 2.